The summed E-state index contributed by atoms with van der Waals surface area (Å²) in [6.45, 7) is 16.3. The topological polar surface area (TPSA) is 73.3 Å². The van der Waals surface area contributed by atoms with Crippen molar-refractivity contribution in [2.24, 2.45) is 0 Å². The van der Waals surface area contributed by atoms with E-state index < -0.39 is 0 Å². The Morgan fingerprint density at radius 1 is 0.368 bits per heavy atom. The molecule has 0 spiro atoms. The van der Waals surface area contributed by atoms with Gasteiger partial charge in [-0.2, -0.15) is 0 Å². The van der Waals surface area contributed by atoms with Crippen LogP contribution in [0, 0.1) is 0 Å². The van der Waals surface area contributed by atoms with E-state index in [0.29, 0.717) is 37.9 Å². The van der Waals surface area contributed by atoms with Gasteiger partial charge < -0.3 is 19.6 Å². The summed E-state index contributed by atoms with van der Waals surface area (Å²) in [5.41, 5.74) is 0. The van der Waals surface area contributed by atoms with Gasteiger partial charge in [0.05, 0.1) is 18.8 Å². The number of hydrogen-bond donors (Lipinski definition) is 1. The van der Waals surface area contributed by atoms with Crippen molar-refractivity contribution in [2.45, 2.75) is 329 Å². The third-order valence-corrected chi connectivity index (χ3v) is 15.3. The number of unbranched alkanes of at least 4 members (excludes halogenated alkanes) is 36. The number of nitrogens with zero attached hydrogens (tertiary/aromatic N) is 3. The number of carbonyl (C=O) groups excluding carboxylic acids is 2. The Balaban J connectivity index is 2.45. The van der Waals surface area contributed by atoms with Crippen molar-refractivity contribution < 1.29 is 19.4 Å². The highest BCUT2D eigenvalue weighted by Gasteiger charge is 2.29. The molecule has 0 aromatic carbocycles. The van der Waals surface area contributed by atoms with Gasteiger partial charge in [0.15, 0.2) is 0 Å². The summed E-state index contributed by atoms with van der Waals surface area (Å²) in [6, 6.07) is 0.0974. The highest BCUT2D eigenvalue weighted by Crippen LogP contribution is 2.20. The Bertz CT molecular complexity index is 948. The van der Waals surface area contributed by atoms with Gasteiger partial charge in [0.2, 0.25) is 11.8 Å². The van der Waals surface area contributed by atoms with Gasteiger partial charge >= 0.3 is 0 Å². The largest absolute Gasteiger partial charge is 0.391 e. The minimum atomic E-state index is -0.306. The molecule has 1 aliphatic heterocycles. The number of rotatable bonds is 53. The normalized spacial score (nSPS) is 15.1. The predicted octanol–water partition coefficient (Wildman–Crippen LogP) is 17.3. The summed E-state index contributed by atoms with van der Waals surface area (Å²) in [7, 11) is 0. The van der Waals surface area contributed by atoms with E-state index in [0.717, 1.165) is 110 Å². The lowest BCUT2D eigenvalue weighted by atomic mass is 10.0. The second kappa shape index (κ2) is 50.7. The van der Waals surface area contributed by atoms with Crippen molar-refractivity contribution in [3.8, 4) is 0 Å². The van der Waals surface area contributed by atoms with Crippen LogP contribution < -0.4 is 0 Å². The van der Waals surface area contributed by atoms with Crippen molar-refractivity contribution in [2.75, 3.05) is 52.5 Å². The monoisotopic (exact) mass is 960 g/mol. The van der Waals surface area contributed by atoms with Crippen molar-refractivity contribution in [3.05, 3.63) is 0 Å². The second-order valence-corrected chi connectivity index (χ2v) is 21.7. The van der Waals surface area contributed by atoms with Crippen LogP contribution in [0.4, 0.5) is 0 Å². The lowest BCUT2D eigenvalue weighted by Gasteiger charge is -2.37. The van der Waals surface area contributed by atoms with Crippen LogP contribution in [-0.2, 0) is 14.3 Å². The Kier molecular flexibility index (Phi) is 48.4. The van der Waals surface area contributed by atoms with E-state index in [4.69, 9.17) is 4.74 Å². The molecule has 2 atom stereocenters. The summed E-state index contributed by atoms with van der Waals surface area (Å²) in [5.74, 6) is 0.787. The lowest BCUT2D eigenvalue weighted by molar-refractivity contribution is -0.132. The van der Waals surface area contributed by atoms with Crippen LogP contribution in [-0.4, -0.2) is 96.2 Å². The van der Waals surface area contributed by atoms with E-state index in [1.807, 2.05) is 0 Å². The summed E-state index contributed by atoms with van der Waals surface area (Å²) in [6.07, 6.45) is 55.1. The number of aliphatic hydroxyl groups is 1. The standard InChI is InChI=1S/C61H121N3O4/c1-5-9-13-17-21-25-33-43-52-63(53-44-34-26-22-18-14-10-6-2)60(66)47-39-31-29-37-41-50-62(58-57-68-56-49-59(58)65)51-42-38-30-32-40-48-61(67)64(54-45-35-27-23-19-15-11-7-3)55-46-36-28-24-20-16-12-8-4/h58-59,65H,5-57H2,1-4H3. The summed E-state index contributed by atoms with van der Waals surface area (Å²) in [4.78, 5) is 33.9. The molecule has 2 amide bonds. The quantitative estimate of drug-likeness (QED) is 0.0615. The van der Waals surface area contributed by atoms with Crippen LogP contribution in [0.3, 0.4) is 0 Å². The van der Waals surface area contributed by atoms with E-state index >= 15 is 0 Å². The minimum absolute atomic E-state index is 0.0974. The maximum atomic E-state index is 13.5. The van der Waals surface area contributed by atoms with Crippen molar-refractivity contribution in [1.29, 1.82) is 0 Å². The van der Waals surface area contributed by atoms with Crippen LogP contribution in [0.1, 0.15) is 317 Å². The fraction of sp³-hybridized carbons (Fsp3) is 0.967. The number of aliphatic hydroxyl groups excluding tert-OH is 1. The molecule has 1 saturated heterocycles. The third kappa shape index (κ3) is 39.4. The molecule has 0 radical (unpaired) electrons. The third-order valence-electron chi connectivity index (χ3n) is 15.3. The maximum absolute atomic E-state index is 13.5. The molecular weight excluding hydrogens is 839 g/mol. The van der Waals surface area contributed by atoms with E-state index in [2.05, 4.69) is 42.4 Å². The first-order valence-electron chi connectivity index (χ1n) is 31.0. The molecule has 0 bridgehead atoms. The molecule has 0 saturated carbocycles. The van der Waals surface area contributed by atoms with Gasteiger partial charge in [0, 0.05) is 45.6 Å². The highest BCUT2D eigenvalue weighted by molar-refractivity contribution is 5.76. The van der Waals surface area contributed by atoms with E-state index in [9.17, 15) is 14.7 Å². The van der Waals surface area contributed by atoms with Crippen LogP contribution in [0.15, 0.2) is 0 Å². The van der Waals surface area contributed by atoms with Gasteiger partial charge in [-0.1, -0.05) is 246 Å². The summed E-state index contributed by atoms with van der Waals surface area (Å²) < 4.78 is 5.88. The van der Waals surface area contributed by atoms with E-state index in [1.54, 1.807) is 0 Å². The molecule has 68 heavy (non-hydrogen) atoms. The van der Waals surface area contributed by atoms with Gasteiger partial charge in [0.25, 0.3) is 0 Å². The Morgan fingerprint density at radius 2 is 0.618 bits per heavy atom. The first-order valence-corrected chi connectivity index (χ1v) is 31.0. The molecule has 1 fully saturated rings. The maximum Gasteiger partial charge on any atom is 0.222 e. The van der Waals surface area contributed by atoms with Crippen LogP contribution in [0.2, 0.25) is 0 Å². The van der Waals surface area contributed by atoms with Crippen molar-refractivity contribution >= 4 is 11.8 Å². The van der Waals surface area contributed by atoms with Gasteiger partial charge in [-0.25, -0.2) is 0 Å². The molecule has 2 unspecified atom stereocenters. The summed E-state index contributed by atoms with van der Waals surface area (Å²) >= 11 is 0. The second-order valence-electron chi connectivity index (χ2n) is 21.7. The fourth-order valence-electron chi connectivity index (χ4n) is 10.5. The molecule has 404 valence electrons. The van der Waals surface area contributed by atoms with Crippen molar-refractivity contribution in [1.82, 2.24) is 14.7 Å². The van der Waals surface area contributed by atoms with Gasteiger partial charge in [-0.3, -0.25) is 14.5 Å². The van der Waals surface area contributed by atoms with Gasteiger partial charge in [-0.15, -0.1) is 0 Å². The Morgan fingerprint density at radius 3 is 0.897 bits per heavy atom. The minimum Gasteiger partial charge on any atom is -0.391 e. The molecule has 7 heteroatoms. The number of hydrogen-bond acceptors (Lipinski definition) is 5. The first kappa shape index (κ1) is 64.8. The van der Waals surface area contributed by atoms with Crippen LogP contribution in [0.5, 0.6) is 0 Å². The van der Waals surface area contributed by atoms with E-state index in [1.165, 1.54) is 205 Å². The molecule has 1 heterocycles. The first-order chi connectivity index (χ1) is 33.5. The van der Waals surface area contributed by atoms with Crippen molar-refractivity contribution in [3.63, 3.8) is 0 Å². The molecule has 0 aromatic rings. The fourth-order valence-corrected chi connectivity index (χ4v) is 10.5. The predicted molar refractivity (Wildman–Crippen MR) is 296 cm³/mol. The zero-order chi connectivity index (χ0) is 49.2. The molecule has 0 aliphatic carbocycles. The Hall–Kier alpha value is -1.18. The number of ether oxygens (including phenoxy) is 1. The molecule has 0 aromatic heterocycles. The SMILES string of the molecule is CCCCCCCCCCN(CCCCCCCCCC)C(=O)CCCCCCCN(CCCCCCCC(=O)N(CCCCCCCCCC)CCCCCCCCCC)C1COCCC1O. The molecular formula is C61H121N3O4. The van der Waals surface area contributed by atoms with Crippen LogP contribution >= 0.6 is 0 Å². The zero-order valence-corrected chi connectivity index (χ0v) is 46.6. The van der Waals surface area contributed by atoms with Gasteiger partial charge in [-0.05, 0) is 70.9 Å². The smallest absolute Gasteiger partial charge is 0.222 e. The molecule has 7 nitrogen and oxygen atoms in total. The van der Waals surface area contributed by atoms with Crippen LogP contribution in [0.25, 0.3) is 0 Å². The zero-order valence-electron chi connectivity index (χ0n) is 46.6. The molecule has 1 rings (SSSR count). The number of amides is 2. The number of carbonyl (C=O) groups is 2. The van der Waals surface area contributed by atoms with Gasteiger partial charge in [0.1, 0.15) is 0 Å². The molecule has 1 aliphatic rings. The highest BCUT2D eigenvalue weighted by atomic mass is 16.5. The average molecular weight is 961 g/mol. The summed E-state index contributed by atoms with van der Waals surface area (Å²) in [5, 5.41) is 11.0. The lowest BCUT2D eigenvalue weighted by Crippen LogP contribution is -2.50. The molecule has 1 N–H and O–H groups in total. The Labute approximate surface area is 425 Å². The average Bonchev–Trinajstić information content (AvgIpc) is 3.34. The van der Waals surface area contributed by atoms with E-state index in [-0.39, 0.29) is 12.1 Å².